The minimum atomic E-state index is -0.947. The van der Waals surface area contributed by atoms with Gasteiger partial charge in [-0.2, -0.15) is 0 Å². The molecule has 0 heterocycles. The number of carboxylic acid groups (broad SMARTS) is 1. The lowest BCUT2D eigenvalue weighted by molar-refractivity contribution is -0.137. The molecule has 4 heteroatoms. The second kappa shape index (κ2) is 11.4. The van der Waals surface area contributed by atoms with Crippen molar-refractivity contribution in [1.29, 1.82) is 0 Å². The van der Waals surface area contributed by atoms with Gasteiger partial charge in [-0.3, -0.25) is 4.79 Å². The van der Waals surface area contributed by atoms with Crippen molar-refractivity contribution in [2.24, 2.45) is 11.1 Å². The molecular weight excluding hydrogens is 326 g/mol. The minimum absolute atomic E-state index is 0.0477. The molecule has 0 amide bonds. The summed E-state index contributed by atoms with van der Waals surface area (Å²) in [5.74, 6) is -0.685. The second-order valence-electron chi connectivity index (χ2n) is 10.5. The highest BCUT2D eigenvalue weighted by molar-refractivity contribution is 6.76. The van der Waals surface area contributed by atoms with Gasteiger partial charge in [0.15, 0.2) is 0 Å². The molecule has 1 unspecified atom stereocenters. The molecule has 0 radical (unpaired) electrons. The van der Waals surface area contributed by atoms with Gasteiger partial charge in [0, 0.05) is 20.0 Å². The van der Waals surface area contributed by atoms with E-state index in [9.17, 15) is 4.79 Å². The van der Waals surface area contributed by atoms with Crippen LogP contribution in [0.3, 0.4) is 0 Å². The topological polar surface area (TPSA) is 63.3 Å². The fraction of sp³-hybridized carbons (Fsp3) is 0.952. The Bertz CT molecular complexity index is 371. The fourth-order valence-corrected chi connectivity index (χ4v) is 4.72. The van der Waals surface area contributed by atoms with E-state index < -0.39 is 14.0 Å². The van der Waals surface area contributed by atoms with Gasteiger partial charge in [-0.05, 0) is 37.5 Å². The maximum Gasteiger partial charge on any atom is 0.303 e. The summed E-state index contributed by atoms with van der Waals surface area (Å²) in [5.41, 5.74) is 7.14. The summed E-state index contributed by atoms with van der Waals surface area (Å²) in [7, 11) is -0.947. The van der Waals surface area contributed by atoms with Crippen LogP contribution in [0.25, 0.3) is 0 Å². The first kappa shape index (κ1) is 24.6. The number of unbranched alkanes of at least 4 members (excludes halogenated alkanes) is 3. The first-order valence-electron chi connectivity index (χ1n) is 10.3. The summed E-state index contributed by atoms with van der Waals surface area (Å²) in [5, 5.41) is 8.75. The van der Waals surface area contributed by atoms with Crippen molar-refractivity contribution in [3.8, 4) is 0 Å². The zero-order chi connectivity index (χ0) is 19.6. The predicted octanol–water partition coefficient (Wildman–Crippen LogP) is 6.44. The van der Waals surface area contributed by atoms with Gasteiger partial charge in [-0.25, -0.2) is 0 Å². The molecule has 1 atom stereocenters. The molecule has 3 N–H and O–H groups in total. The first-order valence-corrected chi connectivity index (χ1v) is 14.0. The normalized spacial score (nSPS) is 15.2. The Balaban J connectivity index is 4.34. The molecule has 0 aromatic heterocycles. The molecule has 0 spiro atoms. The van der Waals surface area contributed by atoms with Crippen molar-refractivity contribution in [3.63, 3.8) is 0 Å². The molecule has 25 heavy (non-hydrogen) atoms. The van der Waals surface area contributed by atoms with Gasteiger partial charge >= 0.3 is 5.97 Å². The summed E-state index contributed by atoms with van der Waals surface area (Å²) < 4.78 is 0. The Morgan fingerprint density at radius 1 is 0.840 bits per heavy atom. The standard InChI is InChI=1S/C21H45NO2Si/c1-20(2,3)14-12-17-21(22,15-9-7-8-13-19(23)24)16-10-11-18-25(4,5)6/h7-18,22H2,1-6H3,(H,23,24). The van der Waals surface area contributed by atoms with Crippen LogP contribution in [0.4, 0.5) is 0 Å². The Morgan fingerprint density at radius 2 is 1.36 bits per heavy atom. The molecule has 0 rings (SSSR count). The SMILES string of the molecule is CC(C)(C)CCCC(N)(CCCCCC(=O)O)CCCC[Si](C)(C)C. The molecule has 0 aliphatic carbocycles. The van der Waals surface area contributed by atoms with Gasteiger partial charge in [0.25, 0.3) is 0 Å². The smallest absolute Gasteiger partial charge is 0.303 e. The van der Waals surface area contributed by atoms with Gasteiger partial charge in [-0.15, -0.1) is 0 Å². The average molecular weight is 372 g/mol. The van der Waals surface area contributed by atoms with Crippen molar-refractivity contribution in [2.45, 2.75) is 123 Å². The van der Waals surface area contributed by atoms with Crippen molar-refractivity contribution in [2.75, 3.05) is 0 Å². The Labute approximate surface area is 158 Å². The molecule has 0 bridgehead atoms. The van der Waals surface area contributed by atoms with Crippen LogP contribution in [-0.2, 0) is 4.79 Å². The third kappa shape index (κ3) is 16.8. The van der Waals surface area contributed by atoms with E-state index >= 15 is 0 Å². The van der Waals surface area contributed by atoms with Crippen molar-refractivity contribution >= 4 is 14.0 Å². The fourth-order valence-electron chi connectivity index (χ4n) is 3.41. The zero-order valence-electron chi connectivity index (χ0n) is 17.9. The number of nitrogens with two attached hydrogens (primary N) is 1. The number of rotatable bonds is 14. The lowest BCUT2D eigenvalue weighted by Crippen LogP contribution is -2.40. The predicted molar refractivity (Wildman–Crippen MR) is 113 cm³/mol. The summed E-state index contributed by atoms with van der Waals surface area (Å²) in [4.78, 5) is 10.6. The molecule has 0 saturated carbocycles. The van der Waals surface area contributed by atoms with Crippen LogP contribution < -0.4 is 5.73 Å². The van der Waals surface area contributed by atoms with Gasteiger partial charge in [0.2, 0.25) is 0 Å². The molecule has 0 aliphatic rings. The van der Waals surface area contributed by atoms with Crippen LogP contribution >= 0.6 is 0 Å². The quantitative estimate of drug-likeness (QED) is 0.272. The summed E-state index contributed by atoms with van der Waals surface area (Å²) >= 11 is 0. The molecule has 3 nitrogen and oxygen atoms in total. The van der Waals surface area contributed by atoms with Crippen molar-refractivity contribution in [3.05, 3.63) is 0 Å². The van der Waals surface area contributed by atoms with Gasteiger partial charge in [0.1, 0.15) is 0 Å². The lowest BCUT2D eigenvalue weighted by Gasteiger charge is -2.31. The third-order valence-electron chi connectivity index (χ3n) is 5.02. The largest absolute Gasteiger partial charge is 0.481 e. The van der Waals surface area contributed by atoms with Crippen molar-refractivity contribution in [1.82, 2.24) is 0 Å². The zero-order valence-corrected chi connectivity index (χ0v) is 18.9. The van der Waals surface area contributed by atoms with Crippen LogP contribution in [0, 0.1) is 5.41 Å². The first-order chi connectivity index (χ1) is 11.3. The van der Waals surface area contributed by atoms with E-state index in [-0.39, 0.29) is 12.0 Å². The minimum Gasteiger partial charge on any atom is -0.481 e. The highest BCUT2D eigenvalue weighted by Gasteiger charge is 2.25. The van der Waals surface area contributed by atoms with E-state index in [0.717, 1.165) is 38.5 Å². The molecule has 0 aliphatic heterocycles. The maximum atomic E-state index is 10.6. The highest BCUT2D eigenvalue weighted by Crippen LogP contribution is 2.30. The van der Waals surface area contributed by atoms with Crippen LogP contribution in [-0.4, -0.2) is 24.7 Å². The Kier molecular flexibility index (Phi) is 11.2. The van der Waals surface area contributed by atoms with Gasteiger partial charge in [-0.1, -0.05) is 78.6 Å². The van der Waals surface area contributed by atoms with Crippen LogP contribution in [0.5, 0.6) is 0 Å². The molecule has 0 aromatic carbocycles. The summed E-state index contributed by atoms with van der Waals surface area (Å²) in [6.07, 6.45) is 11.4. The second-order valence-corrected chi connectivity index (χ2v) is 16.1. The number of carboxylic acids is 1. The molecule has 0 saturated heterocycles. The van der Waals surface area contributed by atoms with Crippen LogP contribution in [0.2, 0.25) is 25.7 Å². The summed E-state index contributed by atoms with van der Waals surface area (Å²) in [6, 6.07) is 1.39. The van der Waals surface area contributed by atoms with Crippen molar-refractivity contribution < 1.29 is 9.90 Å². The maximum absolute atomic E-state index is 10.6. The van der Waals surface area contributed by atoms with E-state index in [1.807, 2.05) is 0 Å². The number of hydrogen-bond acceptors (Lipinski definition) is 2. The Hall–Kier alpha value is -0.353. The molecule has 0 fully saturated rings. The molecular formula is C21H45NO2Si. The van der Waals surface area contributed by atoms with Gasteiger partial charge in [0.05, 0.1) is 0 Å². The van der Waals surface area contributed by atoms with Gasteiger partial charge < -0.3 is 10.8 Å². The average Bonchev–Trinajstić information content (AvgIpc) is 2.40. The van der Waals surface area contributed by atoms with E-state index in [1.165, 1.54) is 31.7 Å². The monoisotopic (exact) mass is 371 g/mol. The molecule has 0 aromatic rings. The van der Waals surface area contributed by atoms with E-state index in [2.05, 4.69) is 40.4 Å². The Morgan fingerprint density at radius 3 is 1.84 bits per heavy atom. The number of aliphatic carboxylic acids is 1. The summed E-state index contributed by atoms with van der Waals surface area (Å²) in [6.45, 7) is 14.2. The number of carbonyl (C=O) groups is 1. The van der Waals surface area contributed by atoms with E-state index in [4.69, 9.17) is 10.8 Å². The van der Waals surface area contributed by atoms with Crippen LogP contribution in [0.1, 0.15) is 91.4 Å². The number of hydrogen-bond donors (Lipinski definition) is 2. The van der Waals surface area contributed by atoms with E-state index in [1.54, 1.807) is 0 Å². The third-order valence-corrected chi connectivity index (χ3v) is 6.87. The lowest BCUT2D eigenvalue weighted by atomic mass is 9.80. The van der Waals surface area contributed by atoms with Crippen LogP contribution in [0.15, 0.2) is 0 Å². The van der Waals surface area contributed by atoms with E-state index in [0.29, 0.717) is 5.41 Å². The molecule has 150 valence electrons. The highest BCUT2D eigenvalue weighted by atomic mass is 28.3.